The zero-order valence-corrected chi connectivity index (χ0v) is 16.7. The zero-order chi connectivity index (χ0) is 20.5. The Morgan fingerprint density at radius 3 is 2.66 bits per heavy atom. The summed E-state index contributed by atoms with van der Waals surface area (Å²) in [6.07, 6.45) is 7.44. The molecule has 0 bridgehead atoms. The third-order valence-corrected chi connectivity index (χ3v) is 4.18. The van der Waals surface area contributed by atoms with Crippen LogP contribution in [0.25, 0.3) is 6.08 Å². The third-order valence-electron chi connectivity index (χ3n) is 3.69. The maximum absolute atomic E-state index is 12.1. The number of hydrogen-bond acceptors (Lipinski definition) is 5. The van der Waals surface area contributed by atoms with E-state index >= 15 is 0 Å². The van der Waals surface area contributed by atoms with Gasteiger partial charge in [0.1, 0.15) is 5.75 Å². The number of carbonyl (C=O) groups is 2. The molecule has 3 aromatic rings. The Balaban J connectivity index is 1.68. The first-order valence-corrected chi connectivity index (χ1v) is 9.39. The van der Waals surface area contributed by atoms with E-state index < -0.39 is 11.9 Å². The lowest BCUT2D eigenvalue weighted by Crippen LogP contribution is -2.17. The topological polar surface area (TPSA) is 80.6 Å². The molecule has 0 saturated heterocycles. The highest BCUT2D eigenvalue weighted by Gasteiger charge is 2.08. The summed E-state index contributed by atoms with van der Waals surface area (Å²) in [5.74, 6) is -0.603. The molecule has 144 valence electrons. The van der Waals surface area contributed by atoms with Crippen LogP contribution in [-0.2, 0) is 4.79 Å². The first-order valence-electron chi connectivity index (χ1n) is 8.60. The lowest BCUT2D eigenvalue weighted by molar-refractivity contribution is -0.128. The van der Waals surface area contributed by atoms with Crippen LogP contribution in [-0.4, -0.2) is 23.1 Å². The predicted octanol–water partition coefficient (Wildman–Crippen LogP) is 4.23. The number of carbonyl (C=O) groups excluding carboxylic acids is 2. The fourth-order valence-electron chi connectivity index (χ4n) is 2.31. The molecule has 1 aromatic heterocycles. The number of rotatable bonds is 6. The second kappa shape index (κ2) is 10.1. The number of nitrogens with zero attached hydrogens (tertiary/aromatic N) is 2. The van der Waals surface area contributed by atoms with Gasteiger partial charge in [0.25, 0.3) is 5.91 Å². The number of esters is 1. The number of aromatic nitrogens is 1. The fraction of sp³-hybridized carbons (Fsp3) is 0. The number of amides is 1. The van der Waals surface area contributed by atoms with Crippen molar-refractivity contribution in [3.05, 3.63) is 100 Å². The van der Waals surface area contributed by atoms with Crippen molar-refractivity contribution in [3.63, 3.8) is 0 Å². The van der Waals surface area contributed by atoms with E-state index in [0.717, 1.165) is 10.0 Å². The van der Waals surface area contributed by atoms with E-state index in [0.29, 0.717) is 16.9 Å². The molecule has 2 aromatic carbocycles. The van der Waals surface area contributed by atoms with Gasteiger partial charge >= 0.3 is 5.97 Å². The highest BCUT2D eigenvalue weighted by molar-refractivity contribution is 9.10. The summed E-state index contributed by atoms with van der Waals surface area (Å²) in [7, 11) is 0. The average Bonchev–Trinajstić information content (AvgIpc) is 2.75. The van der Waals surface area contributed by atoms with E-state index in [-0.39, 0.29) is 0 Å². The molecule has 0 radical (unpaired) electrons. The van der Waals surface area contributed by atoms with Crippen LogP contribution in [0.2, 0.25) is 0 Å². The fourth-order valence-corrected chi connectivity index (χ4v) is 2.68. The van der Waals surface area contributed by atoms with Gasteiger partial charge in [-0.1, -0.05) is 46.3 Å². The van der Waals surface area contributed by atoms with Crippen LogP contribution >= 0.6 is 15.9 Å². The normalized spacial score (nSPS) is 10.9. The Kier molecular flexibility index (Phi) is 7.02. The SMILES string of the molecule is O=C(/C=C/c1ccccc1)Oc1ccc(Br)cc1/C=N/NC(=O)c1cccnc1. The number of hydrogen-bond donors (Lipinski definition) is 1. The van der Waals surface area contributed by atoms with Crippen molar-refractivity contribution in [3.8, 4) is 5.75 Å². The van der Waals surface area contributed by atoms with Gasteiger partial charge in [0.15, 0.2) is 0 Å². The van der Waals surface area contributed by atoms with Gasteiger partial charge in [0, 0.05) is 28.5 Å². The van der Waals surface area contributed by atoms with Gasteiger partial charge in [-0.25, -0.2) is 10.2 Å². The number of hydrazone groups is 1. The Hall–Kier alpha value is -3.58. The van der Waals surface area contributed by atoms with Crippen LogP contribution in [0.1, 0.15) is 21.5 Å². The molecule has 29 heavy (non-hydrogen) atoms. The lowest BCUT2D eigenvalue weighted by atomic mass is 10.2. The van der Waals surface area contributed by atoms with Crippen LogP contribution in [0.5, 0.6) is 5.75 Å². The summed E-state index contributed by atoms with van der Waals surface area (Å²) >= 11 is 3.37. The van der Waals surface area contributed by atoms with Crippen molar-refractivity contribution in [2.45, 2.75) is 0 Å². The van der Waals surface area contributed by atoms with Crippen molar-refractivity contribution in [1.82, 2.24) is 10.4 Å². The van der Waals surface area contributed by atoms with Crippen molar-refractivity contribution in [2.75, 3.05) is 0 Å². The van der Waals surface area contributed by atoms with Gasteiger partial charge in [0.2, 0.25) is 0 Å². The van der Waals surface area contributed by atoms with Gasteiger partial charge in [-0.05, 0) is 42.0 Å². The Morgan fingerprint density at radius 2 is 1.90 bits per heavy atom. The number of pyridine rings is 1. The molecule has 6 nitrogen and oxygen atoms in total. The van der Waals surface area contributed by atoms with E-state index in [1.807, 2.05) is 30.3 Å². The van der Waals surface area contributed by atoms with Gasteiger partial charge in [-0.2, -0.15) is 5.10 Å². The highest BCUT2D eigenvalue weighted by Crippen LogP contribution is 2.22. The first kappa shape index (κ1) is 20.2. The van der Waals surface area contributed by atoms with Crippen LogP contribution in [0, 0.1) is 0 Å². The third kappa shape index (κ3) is 6.22. The Morgan fingerprint density at radius 1 is 1.07 bits per heavy atom. The molecule has 0 aliphatic carbocycles. The molecular formula is C22H16BrN3O3. The summed E-state index contributed by atoms with van der Waals surface area (Å²) in [5.41, 5.74) is 4.21. The summed E-state index contributed by atoms with van der Waals surface area (Å²) < 4.78 is 6.18. The van der Waals surface area contributed by atoms with Gasteiger partial charge in [0.05, 0.1) is 11.8 Å². The molecule has 0 aliphatic heterocycles. The second-order valence-electron chi connectivity index (χ2n) is 5.79. The quantitative estimate of drug-likeness (QED) is 0.201. The van der Waals surface area contributed by atoms with Crippen LogP contribution in [0.3, 0.4) is 0 Å². The molecule has 0 aliphatic rings. The van der Waals surface area contributed by atoms with Crippen molar-refractivity contribution in [2.24, 2.45) is 5.10 Å². The van der Waals surface area contributed by atoms with Gasteiger partial charge < -0.3 is 4.74 Å². The molecule has 0 atom stereocenters. The second-order valence-corrected chi connectivity index (χ2v) is 6.70. The smallest absolute Gasteiger partial charge is 0.336 e. The van der Waals surface area contributed by atoms with Crippen molar-refractivity contribution >= 4 is 40.1 Å². The molecule has 1 heterocycles. The highest BCUT2D eigenvalue weighted by atomic mass is 79.9. The summed E-state index contributed by atoms with van der Waals surface area (Å²) in [5, 5.41) is 3.94. The largest absolute Gasteiger partial charge is 0.423 e. The van der Waals surface area contributed by atoms with E-state index in [1.165, 1.54) is 18.5 Å². The number of ether oxygens (including phenoxy) is 1. The molecule has 7 heteroatoms. The zero-order valence-electron chi connectivity index (χ0n) is 15.2. The summed E-state index contributed by atoms with van der Waals surface area (Å²) in [6, 6.07) is 17.8. The van der Waals surface area contributed by atoms with Crippen LogP contribution in [0.15, 0.2) is 88.7 Å². The minimum Gasteiger partial charge on any atom is -0.423 e. The predicted molar refractivity (Wildman–Crippen MR) is 115 cm³/mol. The summed E-state index contributed by atoms with van der Waals surface area (Å²) in [4.78, 5) is 28.1. The molecule has 0 spiro atoms. The number of benzene rings is 2. The summed E-state index contributed by atoms with van der Waals surface area (Å²) in [6.45, 7) is 0. The molecule has 0 unspecified atom stereocenters. The minimum absolute atomic E-state index is 0.315. The Bertz CT molecular complexity index is 1050. The van der Waals surface area contributed by atoms with Crippen molar-refractivity contribution in [1.29, 1.82) is 0 Å². The molecule has 0 fully saturated rings. The molecule has 3 rings (SSSR count). The average molecular weight is 450 g/mol. The standard InChI is InChI=1S/C22H16BrN3O3/c23-19-9-10-20(29-21(27)11-8-16-5-2-1-3-6-16)18(13-19)15-25-26-22(28)17-7-4-12-24-14-17/h1-15H,(H,26,28)/b11-8+,25-15+. The van der Waals surface area contributed by atoms with E-state index in [9.17, 15) is 9.59 Å². The van der Waals surface area contributed by atoms with E-state index in [1.54, 1.807) is 42.6 Å². The van der Waals surface area contributed by atoms with Crippen LogP contribution in [0.4, 0.5) is 0 Å². The Labute approximate surface area is 176 Å². The monoisotopic (exact) mass is 449 g/mol. The maximum Gasteiger partial charge on any atom is 0.336 e. The molecule has 0 saturated carbocycles. The van der Waals surface area contributed by atoms with Gasteiger partial charge in [-0.3, -0.25) is 9.78 Å². The molecule has 1 N–H and O–H groups in total. The number of halogens is 1. The first-order chi connectivity index (χ1) is 14.1. The maximum atomic E-state index is 12.1. The lowest BCUT2D eigenvalue weighted by Gasteiger charge is -2.06. The van der Waals surface area contributed by atoms with Crippen molar-refractivity contribution < 1.29 is 14.3 Å². The molecular weight excluding hydrogens is 434 g/mol. The van der Waals surface area contributed by atoms with Gasteiger partial charge in [-0.15, -0.1) is 0 Å². The minimum atomic E-state index is -0.523. The molecule has 1 amide bonds. The van der Waals surface area contributed by atoms with E-state index in [2.05, 4.69) is 31.4 Å². The van der Waals surface area contributed by atoms with E-state index in [4.69, 9.17) is 4.74 Å². The van der Waals surface area contributed by atoms with Crippen LogP contribution < -0.4 is 10.2 Å². The number of nitrogens with one attached hydrogen (secondary N) is 1.